The first-order chi connectivity index (χ1) is 14.2. The van der Waals surface area contributed by atoms with Crippen molar-refractivity contribution in [3.63, 3.8) is 0 Å². The fourth-order valence-corrected chi connectivity index (χ4v) is 3.43. The summed E-state index contributed by atoms with van der Waals surface area (Å²) in [6.45, 7) is 5.96. The third-order valence-electron chi connectivity index (χ3n) is 4.83. The monoisotopic (exact) mass is 421 g/mol. The van der Waals surface area contributed by atoms with E-state index in [1.165, 1.54) is 12.3 Å². The average Bonchev–Trinajstić information content (AvgIpc) is 2.66. The Kier molecular flexibility index (Phi) is 6.55. The lowest BCUT2D eigenvalue weighted by atomic mass is 9.97. The van der Waals surface area contributed by atoms with Crippen LogP contribution in [0.5, 0.6) is 5.75 Å². The second-order valence-electron chi connectivity index (χ2n) is 7.74. The molecule has 2 aromatic heterocycles. The predicted octanol–water partition coefficient (Wildman–Crippen LogP) is 5.86. The van der Waals surface area contributed by atoms with E-state index in [9.17, 15) is 17.6 Å². The van der Waals surface area contributed by atoms with Gasteiger partial charge in [0.2, 0.25) is 0 Å². The highest BCUT2D eigenvalue weighted by Gasteiger charge is 2.22. The number of hydrogen-bond acceptors (Lipinski definition) is 4. The number of halogens is 4. The van der Waals surface area contributed by atoms with E-state index < -0.39 is 29.9 Å². The van der Waals surface area contributed by atoms with Crippen LogP contribution in [0.1, 0.15) is 39.2 Å². The Bertz CT molecular complexity index is 1040. The van der Waals surface area contributed by atoms with Crippen LogP contribution in [0, 0.1) is 23.5 Å². The van der Waals surface area contributed by atoms with Crippen LogP contribution in [0.2, 0.25) is 0 Å². The van der Waals surface area contributed by atoms with Gasteiger partial charge in [-0.05, 0) is 24.5 Å². The van der Waals surface area contributed by atoms with Crippen molar-refractivity contribution in [2.24, 2.45) is 17.6 Å². The Morgan fingerprint density at radius 2 is 1.80 bits per heavy atom. The van der Waals surface area contributed by atoms with E-state index in [1.807, 2.05) is 20.8 Å². The lowest BCUT2D eigenvalue weighted by Gasteiger charge is -2.24. The molecule has 2 atom stereocenters. The van der Waals surface area contributed by atoms with Crippen molar-refractivity contribution in [1.82, 2.24) is 9.97 Å². The number of nitrogens with zero attached hydrogens (tertiary/aromatic N) is 2. The summed E-state index contributed by atoms with van der Waals surface area (Å²) in [6.07, 6.45) is -0.361. The molecule has 0 saturated heterocycles. The second kappa shape index (κ2) is 8.95. The van der Waals surface area contributed by atoms with Gasteiger partial charge in [0.05, 0.1) is 23.0 Å². The molecule has 0 aliphatic heterocycles. The zero-order valence-corrected chi connectivity index (χ0v) is 16.9. The number of pyridine rings is 2. The van der Waals surface area contributed by atoms with Crippen molar-refractivity contribution in [3.05, 3.63) is 53.9 Å². The van der Waals surface area contributed by atoms with E-state index in [4.69, 9.17) is 10.5 Å². The van der Waals surface area contributed by atoms with Gasteiger partial charge in [0, 0.05) is 35.2 Å². The quantitative estimate of drug-likeness (QED) is 0.384. The third kappa shape index (κ3) is 4.70. The minimum Gasteiger partial charge on any atom is -0.473 e. The normalized spacial score (nSPS) is 13.8. The molecule has 0 amide bonds. The molecule has 8 heteroatoms. The fraction of sp³-hybridized carbons (Fsp3) is 0.364. The molecule has 1 aromatic carbocycles. The predicted molar refractivity (Wildman–Crippen MR) is 107 cm³/mol. The highest BCUT2D eigenvalue weighted by molar-refractivity contribution is 5.94. The first kappa shape index (κ1) is 22.0. The maximum absolute atomic E-state index is 14.4. The lowest BCUT2D eigenvalue weighted by molar-refractivity contribution is 0.114. The number of rotatable bonds is 7. The summed E-state index contributed by atoms with van der Waals surface area (Å²) in [5, 5.41) is 0.00235. The molecular weight excluding hydrogens is 398 g/mol. The molecule has 1 unspecified atom stereocenters. The van der Waals surface area contributed by atoms with E-state index in [0.717, 1.165) is 24.8 Å². The molecule has 0 fully saturated rings. The van der Waals surface area contributed by atoms with Crippen molar-refractivity contribution >= 4 is 10.9 Å². The van der Waals surface area contributed by atoms with E-state index in [-0.39, 0.29) is 33.8 Å². The van der Waals surface area contributed by atoms with Gasteiger partial charge in [0.15, 0.2) is 0 Å². The highest BCUT2D eigenvalue weighted by Crippen LogP contribution is 2.35. The number of aromatic nitrogens is 2. The van der Waals surface area contributed by atoms with Crippen LogP contribution < -0.4 is 10.5 Å². The van der Waals surface area contributed by atoms with Crippen molar-refractivity contribution in [1.29, 1.82) is 0 Å². The Labute approximate surface area is 172 Å². The molecule has 0 radical (unpaired) electrons. The highest BCUT2D eigenvalue weighted by atomic mass is 19.3. The van der Waals surface area contributed by atoms with Crippen LogP contribution in [0.25, 0.3) is 22.2 Å². The van der Waals surface area contributed by atoms with Crippen LogP contribution in [-0.4, -0.2) is 16.2 Å². The lowest BCUT2D eigenvalue weighted by Crippen LogP contribution is -2.35. The van der Waals surface area contributed by atoms with Gasteiger partial charge in [0.25, 0.3) is 6.43 Å². The summed E-state index contributed by atoms with van der Waals surface area (Å²) in [4.78, 5) is 8.13. The standard InChI is InChI=1S/C22H23F4N3O/c1-11(2)6-12(3)22(27)30-19-10-29-17(9-15(19)21(25)26)14-4-5-28-18-8-13(23)7-16(24)20(14)18/h4-5,7-12,21-22H,6,27H2,1-3H3/t12?,22-/m0/s1. The molecule has 30 heavy (non-hydrogen) atoms. The van der Waals surface area contributed by atoms with Gasteiger partial charge in [-0.15, -0.1) is 0 Å². The smallest absolute Gasteiger partial charge is 0.267 e. The second-order valence-corrected chi connectivity index (χ2v) is 7.74. The van der Waals surface area contributed by atoms with Crippen molar-refractivity contribution < 1.29 is 22.3 Å². The number of fused-ring (bicyclic) bond motifs is 1. The minimum atomic E-state index is -2.86. The third-order valence-corrected chi connectivity index (χ3v) is 4.83. The van der Waals surface area contributed by atoms with Crippen LogP contribution >= 0.6 is 0 Å². The molecule has 0 spiro atoms. The van der Waals surface area contributed by atoms with Gasteiger partial charge in [-0.3, -0.25) is 15.7 Å². The molecule has 0 aliphatic rings. The summed E-state index contributed by atoms with van der Waals surface area (Å²) >= 11 is 0. The molecule has 3 rings (SSSR count). The zero-order chi connectivity index (χ0) is 22.0. The summed E-state index contributed by atoms with van der Waals surface area (Å²) < 4.78 is 61.0. The number of alkyl halides is 2. The number of ether oxygens (including phenoxy) is 1. The van der Waals surface area contributed by atoms with Crippen LogP contribution in [0.15, 0.2) is 36.7 Å². The minimum absolute atomic E-state index is 0.00235. The first-order valence-corrected chi connectivity index (χ1v) is 9.61. The van der Waals surface area contributed by atoms with E-state index >= 15 is 0 Å². The fourth-order valence-electron chi connectivity index (χ4n) is 3.43. The first-order valence-electron chi connectivity index (χ1n) is 9.61. The topological polar surface area (TPSA) is 61.0 Å². The number of hydrogen-bond donors (Lipinski definition) is 1. The summed E-state index contributed by atoms with van der Waals surface area (Å²) in [7, 11) is 0. The molecule has 0 aliphatic carbocycles. The van der Waals surface area contributed by atoms with Gasteiger partial charge in [-0.2, -0.15) is 0 Å². The van der Waals surface area contributed by atoms with Crippen LogP contribution in [-0.2, 0) is 0 Å². The molecule has 2 N–H and O–H groups in total. The SMILES string of the molecule is CC(C)CC(C)[C@@H](N)Oc1cnc(-c2ccnc3cc(F)cc(F)c23)cc1C(F)F. The zero-order valence-electron chi connectivity index (χ0n) is 16.9. The maximum Gasteiger partial charge on any atom is 0.267 e. The number of benzene rings is 1. The van der Waals surface area contributed by atoms with Gasteiger partial charge in [-0.1, -0.05) is 20.8 Å². The Hall–Kier alpha value is -2.74. The molecule has 4 nitrogen and oxygen atoms in total. The molecule has 3 aromatic rings. The maximum atomic E-state index is 14.4. The summed E-state index contributed by atoms with van der Waals surface area (Å²) in [5.74, 6) is -1.42. The summed E-state index contributed by atoms with van der Waals surface area (Å²) in [6, 6.07) is 4.37. The van der Waals surface area contributed by atoms with E-state index in [2.05, 4.69) is 9.97 Å². The molecule has 0 bridgehead atoms. The molecule has 160 valence electrons. The van der Waals surface area contributed by atoms with Gasteiger partial charge in [0.1, 0.15) is 23.6 Å². The van der Waals surface area contributed by atoms with Gasteiger partial charge >= 0.3 is 0 Å². The molecular formula is C22H23F4N3O. The van der Waals surface area contributed by atoms with Crippen molar-refractivity contribution in [3.8, 4) is 17.0 Å². The van der Waals surface area contributed by atoms with Gasteiger partial charge < -0.3 is 4.74 Å². The van der Waals surface area contributed by atoms with Crippen LogP contribution in [0.4, 0.5) is 17.6 Å². The molecule has 0 saturated carbocycles. The largest absolute Gasteiger partial charge is 0.473 e. The number of nitrogens with two attached hydrogens (primary N) is 1. The Morgan fingerprint density at radius 3 is 2.47 bits per heavy atom. The van der Waals surface area contributed by atoms with E-state index in [1.54, 1.807) is 0 Å². The Morgan fingerprint density at radius 1 is 1.07 bits per heavy atom. The van der Waals surface area contributed by atoms with Crippen molar-refractivity contribution in [2.75, 3.05) is 0 Å². The van der Waals surface area contributed by atoms with Crippen LogP contribution in [0.3, 0.4) is 0 Å². The van der Waals surface area contributed by atoms with Crippen molar-refractivity contribution in [2.45, 2.75) is 39.8 Å². The van der Waals surface area contributed by atoms with E-state index in [0.29, 0.717) is 12.0 Å². The van der Waals surface area contributed by atoms with Gasteiger partial charge in [-0.25, -0.2) is 17.6 Å². The average molecular weight is 421 g/mol. The Balaban J connectivity index is 2.02. The summed E-state index contributed by atoms with van der Waals surface area (Å²) in [5.41, 5.74) is 6.02. The molecule has 2 heterocycles.